The fraction of sp³-hybridized carbons (Fsp3) is 0.357. The molecule has 0 unspecified atom stereocenters. The molecular weight excluding hydrogens is 210 g/mol. The lowest BCUT2D eigenvalue weighted by Crippen LogP contribution is -2.30. The van der Waals surface area contributed by atoms with Gasteiger partial charge in [-0.25, -0.2) is 0 Å². The number of nitrogens with two attached hydrogens (primary N) is 1. The molecule has 0 radical (unpaired) electrons. The average Bonchev–Trinajstić information content (AvgIpc) is 2.33. The first-order valence-corrected chi connectivity index (χ1v) is 5.95. The molecule has 2 rings (SSSR count). The van der Waals surface area contributed by atoms with Crippen molar-refractivity contribution in [2.45, 2.75) is 32.7 Å². The zero-order valence-electron chi connectivity index (χ0n) is 10.6. The lowest BCUT2D eigenvalue weighted by atomic mass is 10.0. The molecule has 0 aliphatic heterocycles. The molecule has 0 saturated carbocycles. The van der Waals surface area contributed by atoms with Crippen molar-refractivity contribution in [1.82, 2.24) is 4.98 Å². The highest BCUT2D eigenvalue weighted by Crippen LogP contribution is 2.30. The van der Waals surface area contributed by atoms with Gasteiger partial charge in [-0.15, -0.1) is 0 Å². The number of hydrogen-bond acceptors (Lipinski definition) is 3. The first-order chi connectivity index (χ1) is 8.03. The van der Waals surface area contributed by atoms with Crippen molar-refractivity contribution in [3.05, 3.63) is 30.5 Å². The van der Waals surface area contributed by atoms with Crippen LogP contribution in [-0.4, -0.2) is 10.5 Å². The van der Waals surface area contributed by atoms with E-state index in [4.69, 9.17) is 5.73 Å². The summed E-state index contributed by atoms with van der Waals surface area (Å²) in [6.45, 7) is 6.49. The maximum Gasteiger partial charge on any atom is 0.0724 e. The summed E-state index contributed by atoms with van der Waals surface area (Å²) in [5, 5.41) is 4.48. The SMILES string of the molecule is CCC(C)(C)Nc1ccc2ncccc2c1N. The van der Waals surface area contributed by atoms with E-state index in [9.17, 15) is 0 Å². The van der Waals surface area contributed by atoms with Gasteiger partial charge >= 0.3 is 0 Å². The number of nitrogens with one attached hydrogen (secondary N) is 1. The van der Waals surface area contributed by atoms with Crippen LogP contribution in [0.3, 0.4) is 0 Å². The number of hydrogen-bond donors (Lipinski definition) is 2. The molecule has 3 N–H and O–H groups in total. The van der Waals surface area contributed by atoms with Gasteiger partial charge in [0.2, 0.25) is 0 Å². The van der Waals surface area contributed by atoms with Crippen LogP contribution >= 0.6 is 0 Å². The third-order valence-electron chi connectivity index (χ3n) is 3.18. The second-order valence-corrected chi connectivity index (χ2v) is 4.96. The summed E-state index contributed by atoms with van der Waals surface area (Å²) < 4.78 is 0. The van der Waals surface area contributed by atoms with Crippen LogP contribution in [0.5, 0.6) is 0 Å². The number of nitrogen functional groups attached to an aromatic ring is 1. The highest BCUT2D eigenvalue weighted by Gasteiger charge is 2.16. The Morgan fingerprint density at radius 2 is 2.06 bits per heavy atom. The van der Waals surface area contributed by atoms with Crippen LogP contribution < -0.4 is 11.1 Å². The molecule has 0 fully saturated rings. The van der Waals surface area contributed by atoms with Crippen LogP contribution in [0, 0.1) is 0 Å². The smallest absolute Gasteiger partial charge is 0.0724 e. The normalized spacial score (nSPS) is 11.7. The summed E-state index contributed by atoms with van der Waals surface area (Å²) in [6.07, 6.45) is 2.82. The molecule has 0 amide bonds. The minimum Gasteiger partial charge on any atom is -0.397 e. The Morgan fingerprint density at radius 1 is 1.29 bits per heavy atom. The Bertz CT molecular complexity index is 532. The number of benzene rings is 1. The molecule has 1 aromatic carbocycles. The highest BCUT2D eigenvalue weighted by atomic mass is 15.0. The fourth-order valence-corrected chi connectivity index (χ4v) is 1.74. The van der Waals surface area contributed by atoms with E-state index in [-0.39, 0.29) is 5.54 Å². The summed E-state index contributed by atoms with van der Waals surface area (Å²) in [5.74, 6) is 0. The van der Waals surface area contributed by atoms with Crippen molar-refractivity contribution >= 4 is 22.3 Å². The molecule has 0 spiro atoms. The standard InChI is InChI=1S/C14H19N3/c1-4-14(2,3)17-12-8-7-11-10(13(12)15)6-5-9-16-11/h5-9,17H,4,15H2,1-3H3. The molecule has 2 aromatic rings. The number of nitrogens with zero attached hydrogens (tertiary/aromatic N) is 1. The molecule has 90 valence electrons. The Labute approximate surface area is 102 Å². The first kappa shape index (κ1) is 11.7. The van der Waals surface area contributed by atoms with E-state index in [1.54, 1.807) is 6.20 Å². The minimum absolute atomic E-state index is 0.0456. The predicted molar refractivity (Wildman–Crippen MR) is 74.1 cm³/mol. The molecule has 1 heterocycles. The van der Waals surface area contributed by atoms with Gasteiger partial charge in [0.25, 0.3) is 0 Å². The van der Waals surface area contributed by atoms with Crippen LogP contribution in [0.25, 0.3) is 10.9 Å². The Hall–Kier alpha value is -1.77. The number of rotatable bonds is 3. The molecule has 0 atom stereocenters. The maximum absolute atomic E-state index is 6.18. The van der Waals surface area contributed by atoms with E-state index in [2.05, 4.69) is 31.1 Å². The van der Waals surface area contributed by atoms with E-state index in [1.807, 2.05) is 24.3 Å². The molecular formula is C14H19N3. The lowest BCUT2D eigenvalue weighted by molar-refractivity contribution is 0.548. The first-order valence-electron chi connectivity index (χ1n) is 5.95. The quantitative estimate of drug-likeness (QED) is 0.793. The van der Waals surface area contributed by atoms with Gasteiger partial charge in [0.05, 0.1) is 16.9 Å². The summed E-state index contributed by atoms with van der Waals surface area (Å²) in [4.78, 5) is 4.29. The van der Waals surface area contributed by atoms with E-state index >= 15 is 0 Å². The number of fused-ring (bicyclic) bond motifs is 1. The van der Waals surface area contributed by atoms with Crippen molar-refractivity contribution in [2.75, 3.05) is 11.1 Å². The second-order valence-electron chi connectivity index (χ2n) is 4.96. The topological polar surface area (TPSA) is 50.9 Å². The molecule has 3 nitrogen and oxygen atoms in total. The second kappa shape index (κ2) is 4.24. The monoisotopic (exact) mass is 229 g/mol. The van der Waals surface area contributed by atoms with Crippen molar-refractivity contribution in [1.29, 1.82) is 0 Å². The number of aromatic nitrogens is 1. The van der Waals surface area contributed by atoms with Crippen LogP contribution in [0.2, 0.25) is 0 Å². The van der Waals surface area contributed by atoms with Gasteiger partial charge in [0.15, 0.2) is 0 Å². The van der Waals surface area contributed by atoms with Crippen molar-refractivity contribution in [3.63, 3.8) is 0 Å². The largest absolute Gasteiger partial charge is 0.397 e. The molecule has 0 saturated heterocycles. The summed E-state index contributed by atoms with van der Waals surface area (Å²) >= 11 is 0. The third-order valence-corrected chi connectivity index (χ3v) is 3.18. The zero-order chi connectivity index (χ0) is 12.5. The van der Waals surface area contributed by atoms with Gasteiger partial charge in [0.1, 0.15) is 0 Å². The molecule has 17 heavy (non-hydrogen) atoms. The Morgan fingerprint density at radius 3 is 2.76 bits per heavy atom. The molecule has 3 heteroatoms. The third kappa shape index (κ3) is 2.33. The van der Waals surface area contributed by atoms with Gasteiger partial charge in [-0.3, -0.25) is 4.98 Å². The molecule has 0 aliphatic carbocycles. The van der Waals surface area contributed by atoms with Crippen LogP contribution in [0.1, 0.15) is 27.2 Å². The van der Waals surface area contributed by atoms with Crippen LogP contribution in [0.15, 0.2) is 30.5 Å². The van der Waals surface area contributed by atoms with Gasteiger partial charge in [0, 0.05) is 17.1 Å². The average molecular weight is 229 g/mol. The van der Waals surface area contributed by atoms with Crippen molar-refractivity contribution in [3.8, 4) is 0 Å². The molecule has 0 bridgehead atoms. The van der Waals surface area contributed by atoms with Crippen molar-refractivity contribution in [2.24, 2.45) is 0 Å². The summed E-state index contributed by atoms with van der Waals surface area (Å²) in [5.41, 5.74) is 8.92. The van der Waals surface area contributed by atoms with Crippen molar-refractivity contribution < 1.29 is 0 Å². The van der Waals surface area contributed by atoms with Gasteiger partial charge in [-0.1, -0.05) is 6.92 Å². The molecule has 0 aliphatic rings. The lowest BCUT2D eigenvalue weighted by Gasteiger charge is -2.27. The van der Waals surface area contributed by atoms with E-state index < -0.39 is 0 Å². The highest BCUT2D eigenvalue weighted by molar-refractivity contribution is 5.96. The summed E-state index contributed by atoms with van der Waals surface area (Å²) in [6, 6.07) is 7.91. The predicted octanol–water partition coefficient (Wildman–Crippen LogP) is 3.42. The van der Waals surface area contributed by atoms with Crippen LogP contribution in [0.4, 0.5) is 11.4 Å². The van der Waals surface area contributed by atoms with Crippen LogP contribution in [-0.2, 0) is 0 Å². The van der Waals surface area contributed by atoms with Gasteiger partial charge in [-0.05, 0) is 44.5 Å². The van der Waals surface area contributed by atoms with E-state index in [1.165, 1.54) is 0 Å². The van der Waals surface area contributed by atoms with Gasteiger partial charge in [-0.2, -0.15) is 0 Å². The fourth-order valence-electron chi connectivity index (χ4n) is 1.74. The van der Waals surface area contributed by atoms with E-state index in [0.29, 0.717) is 0 Å². The minimum atomic E-state index is 0.0456. The zero-order valence-corrected chi connectivity index (χ0v) is 10.6. The number of anilines is 2. The maximum atomic E-state index is 6.18. The molecule has 1 aromatic heterocycles. The summed E-state index contributed by atoms with van der Waals surface area (Å²) in [7, 11) is 0. The van der Waals surface area contributed by atoms with E-state index in [0.717, 1.165) is 28.7 Å². The number of pyridine rings is 1. The Balaban J connectivity index is 2.46. The Kier molecular flexibility index (Phi) is 2.92. The van der Waals surface area contributed by atoms with Gasteiger partial charge < -0.3 is 11.1 Å².